The molecule has 0 spiro atoms. The van der Waals surface area contributed by atoms with E-state index in [9.17, 15) is 4.79 Å². The lowest BCUT2D eigenvalue weighted by Crippen LogP contribution is -2.15. The third-order valence-electron chi connectivity index (χ3n) is 3.26. The Morgan fingerprint density at radius 1 is 1.63 bits per heavy atom. The summed E-state index contributed by atoms with van der Waals surface area (Å²) in [5, 5.41) is 8.68. The van der Waals surface area contributed by atoms with Crippen molar-refractivity contribution in [1.82, 2.24) is 0 Å². The molecule has 3 nitrogen and oxygen atoms in total. The first kappa shape index (κ1) is 13.1. The van der Waals surface area contributed by atoms with Gasteiger partial charge in [-0.25, -0.2) is 0 Å². The fourth-order valence-corrected chi connectivity index (χ4v) is 3.88. The summed E-state index contributed by atoms with van der Waals surface area (Å²) in [5.74, 6) is 0.0639. The van der Waals surface area contributed by atoms with Gasteiger partial charge in [-0.15, -0.1) is 11.8 Å². The molecule has 0 radical (unpaired) electrons. The van der Waals surface area contributed by atoms with Gasteiger partial charge in [0.25, 0.3) is 0 Å². The molecule has 0 aromatic rings. The van der Waals surface area contributed by atoms with Crippen LogP contribution in [0, 0.1) is 0 Å². The highest BCUT2D eigenvalue weighted by Gasteiger charge is 2.33. The number of hydrogen-bond acceptors (Lipinski definition) is 3. The summed E-state index contributed by atoms with van der Waals surface area (Å²) in [4.78, 5) is 12.2. The van der Waals surface area contributed by atoms with E-state index in [2.05, 4.69) is 22.0 Å². The van der Waals surface area contributed by atoms with Crippen LogP contribution < -0.4 is 0 Å². The third-order valence-corrected chi connectivity index (χ3v) is 5.06. The monoisotopic (exact) mass is 340 g/mol. The molecular weight excluding hydrogens is 328 g/mol. The van der Waals surface area contributed by atoms with Gasteiger partial charge < -0.3 is 9.84 Å². The van der Waals surface area contributed by atoms with Crippen LogP contribution >= 0.6 is 27.7 Å². The number of fused-ring (bicyclic) bond motifs is 2. The Labute approximate surface area is 124 Å². The molecule has 2 aliphatic heterocycles. The Morgan fingerprint density at radius 3 is 3.16 bits per heavy atom. The summed E-state index contributed by atoms with van der Waals surface area (Å²) in [6.45, 7) is 2.64. The number of allylic oxidation sites excluding steroid dienone is 4. The van der Waals surface area contributed by atoms with Gasteiger partial charge in [-0.05, 0) is 18.6 Å². The molecule has 0 saturated heterocycles. The quantitative estimate of drug-likeness (QED) is 0.743. The number of carboxylic acid groups (broad SMARTS) is 1. The topological polar surface area (TPSA) is 46.5 Å². The van der Waals surface area contributed by atoms with Gasteiger partial charge in [0, 0.05) is 16.9 Å². The number of hydrogen-bond donors (Lipinski definition) is 1. The van der Waals surface area contributed by atoms with Crippen molar-refractivity contribution in [3.63, 3.8) is 0 Å². The van der Waals surface area contributed by atoms with E-state index in [-0.39, 0.29) is 4.32 Å². The molecule has 3 aliphatic rings. The van der Waals surface area contributed by atoms with Crippen molar-refractivity contribution in [1.29, 1.82) is 0 Å². The average Bonchev–Trinajstić information content (AvgIpc) is 2.66. The third kappa shape index (κ3) is 2.41. The van der Waals surface area contributed by atoms with Crippen LogP contribution in [0.2, 0.25) is 0 Å². The molecule has 0 aromatic carbocycles. The fraction of sp³-hybridized carbons (Fsp3) is 0.357. The van der Waals surface area contributed by atoms with Gasteiger partial charge in [0.05, 0.1) is 10.9 Å². The summed E-state index contributed by atoms with van der Waals surface area (Å²) in [6.07, 6.45) is 8.72. The van der Waals surface area contributed by atoms with E-state index in [1.54, 1.807) is 0 Å². The summed E-state index contributed by atoms with van der Waals surface area (Å²) in [6, 6.07) is 0. The molecular formula is C14H13BrO3S. The molecule has 2 atom stereocenters. The fourth-order valence-electron chi connectivity index (χ4n) is 2.34. The summed E-state index contributed by atoms with van der Waals surface area (Å²) >= 11 is 5.01. The largest absolute Gasteiger partial charge is 0.493 e. The predicted molar refractivity (Wildman–Crippen MR) is 79.2 cm³/mol. The van der Waals surface area contributed by atoms with E-state index >= 15 is 0 Å². The Bertz CT molecular complexity index is 569. The highest BCUT2D eigenvalue weighted by Crippen LogP contribution is 2.46. The number of thioether (sulfide) groups is 1. The van der Waals surface area contributed by atoms with E-state index in [4.69, 9.17) is 9.84 Å². The van der Waals surface area contributed by atoms with Gasteiger partial charge in [-0.3, -0.25) is 4.79 Å². The minimum atomic E-state index is -0.782. The second-order valence-corrected chi connectivity index (χ2v) is 7.76. The van der Waals surface area contributed by atoms with E-state index in [0.29, 0.717) is 6.61 Å². The molecule has 0 bridgehead atoms. The zero-order valence-electron chi connectivity index (χ0n) is 10.4. The minimum Gasteiger partial charge on any atom is -0.493 e. The van der Waals surface area contributed by atoms with Crippen molar-refractivity contribution in [2.75, 3.05) is 6.61 Å². The lowest BCUT2D eigenvalue weighted by Gasteiger charge is -2.22. The van der Waals surface area contributed by atoms with Crippen molar-refractivity contribution < 1.29 is 14.6 Å². The zero-order valence-corrected chi connectivity index (χ0v) is 12.8. The second kappa shape index (κ2) is 4.56. The van der Waals surface area contributed by atoms with Crippen LogP contribution in [0.15, 0.2) is 46.1 Å². The zero-order chi connectivity index (χ0) is 13.6. The Morgan fingerprint density at radius 2 is 2.42 bits per heavy atom. The molecule has 100 valence electrons. The van der Waals surface area contributed by atoms with Crippen molar-refractivity contribution in [3.8, 4) is 0 Å². The van der Waals surface area contributed by atoms with E-state index in [1.807, 2.05) is 25.2 Å². The van der Waals surface area contributed by atoms with Gasteiger partial charge in [0.15, 0.2) is 0 Å². The van der Waals surface area contributed by atoms with Crippen molar-refractivity contribution in [3.05, 3.63) is 46.1 Å². The summed E-state index contributed by atoms with van der Waals surface area (Å²) in [5.41, 5.74) is 2.10. The van der Waals surface area contributed by atoms with Crippen LogP contribution in [0.3, 0.4) is 0 Å². The van der Waals surface area contributed by atoms with Crippen molar-refractivity contribution in [2.24, 2.45) is 0 Å². The first-order valence-electron chi connectivity index (χ1n) is 6.05. The Balaban J connectivity index is 2.05. The van der Waals surface area contributed by atoms with E-state index in [1.165, 1.54) is 11.8 Å². The lowest BCUT2D eigenvalue weighted by atomic mass is 9.98. The van der Waals surface area contributed by atoms with Crippen LogP contribution in [0.5, 0.6) is 0 Å². The molecule has 0 fully saturated rings. The standard InChI is InChI=1S/C14H13BrO3S/c1-14(15)4-2-9-10(7-14)18-5-3-8-6-11(13(16)17)19-12(8)9/h2,4,6-7,11H,3,5H2,1H3,(H,16,17). The summed E-state index contributed by atoms with van der Waals surface area (Å²) in [7, 11) is 0. The van der Waals surface area contributed by atoms with Gasteiger partial charge in [0.2, 0.25) is 0 Å². The smallest absolute Gasteiger partial charge is 0.320 e. The second-order valence-electron chi connectivity index (χ2n) is 4.90. The van der Waals surface area contributed by atoms with Crippen LogP contribution in [0.1, 0.15) is 13.3 Å². The van der Waals surface area contributed by atoms with Gasteiger partial charge in [0.1, 0.15) is 11.0 Å². The van der Waals surface area contributed by atoms with Crippen LogP contribution in [0.4, 0.5) is 0 Å². The maximum atomic E-state index is 11.1. The van der Waals surface area contributed by atoms with Crippen LogP contribution in [-0.4, -0.2) is 27.3 Å². The predicted octanol–water partition coefficient (Wildman–Crippen LogP) is 3.39. The van der Waals surface area contributed by atoms with Gasteiger partial charge >= 0.3 is 5.97 Å². The molecule has 1 N–H and O–H groups in total. The number of alkyl halides is 1. The Kier molecular flexibility index (Phi) is 3.14. The number of ether oxygens (including phenoxy) is 1. The molecule has 0 aromatic heterocycles. The van der Waals surface area contributed by atoms with Crippen molar-refractivity contribution in [2.45, 2.75) is 22.9 Å². The molecule has 19 heavy (non-hydrogen) atoms. The lowest BCUT2D eigenvalue weighted by molar-refractivity contribution is -0.135. The number of carbonyl (C=O) groups is 1. The van der Waals surface area contributed by atoms with E-state index < -0.39 is 11.2 Å². The SMILES string of the molecule is CC1(Br)C=CC2=C3SC(C(=O)O)C=C3CCOC2=C1. The number of carboxylic acids is 1. The number of aliphatic carboxylic acids is 1. The maximum Gasteiger partial charge on any atom is 0.320 e. The minimum absolute atomic E-state index is 0.198. The highest BCUT2D eigenvalue weighted by molar-refractivity contribution is 9.10. The molecule has 2 unspecified atom stereocenters. The average molecular weight is 341 g/mol. The highest BCUT2D eigenvalue weighted by atomic mass is 79.9. The first-order chi connectivity index (χ1) is 8.96. The van der Waals surface area contributed by atoms with E-state index in [0.717, 1.165) is 28.2 Å². The number of halogens is 1. The van der Waals surface area contributed by atoms with Crippen LogP contribution in [0.25, 0.3) is 0 Å². The summed E-state index contributed by atoms with van der Waals surface area (Å²) < 4.78 is 5.60. The molecule has 0 amide bonds. The maximum absolute atomic E-state index is 11.1. The normalized spacial score (nSPS) is 32.8. The van der Waals surface area contributed by atoms with Crippen molar-refractivity contribution >= 4 is 33.7 Å². The van der Waals surface area contributed by atoms with Gasteiger partial charge in [-0.1, -0.05) is 34.2 Å². The number of rotatable bonds is 1. The molecule has 2 heterocycles. The van der Waals surface area contributed by atoms with Gasteiger partial charge in [-0.2, -0.15) is 0 Å². The first-order valence-corrected chi connectivity index (χ1v) is 7.72. The molecule has 5 heteroatoms. The molecule has 1 aliphatic carbocycles. The molecule has 3 rings (SSSR count). The molecule has 0 saturated carbocycles. The Hall–Kier alpha value is -0.940. The van der Waals surface area contributed by atoms with Crippen LogP contribution in [-0.2, 0) is 9.53 Å².